The molecular weight excluding hydrogens is 392 g/mol. The van der Waals surface area contributed by atoms with E-state index in [1.54, 1.807) is 0 Å². The average molecular weight is 414 g/mol. The van der Waals surface area contributed by atoms with Gasteiger partial charge in [-0.25, -0.2) is 0 Å². The van der Waals surface area contributed by atoms with Gasteiger partial charge in [-0.3, -0.25) is 28.8 Å². The minimum absolute atomic E-state index is 0.0115. The number of hydrogen-bond acceptors (Lipinski definition) is 7. The highest BCUT2D eigenvalue weighted by atomic mass is 16.6. The summed E-state index contributed by atoms with van der Waals surface area (Å²) < 4.78 is 4.76. The SMILES string of the molecule is O=C(O)C1CCCC(C(=O)OC(=O)C2CCCC(C(=O)O)C2C(=O)O)C1C(=O)O. The number of carboxylic acids is 4. The Morgan fingerprint density at radius 3 is 1.10 bits per heavy atom. The monoisotopic (exact) mass is 414 g/mol. The summed E-state index contributed by atoms with van der Waals surface area (Å²) in [5.74, 6) is -16.7. The quantitative estimate of drug-likeness (QED) is 0.348. The Morgan fingerprint density at radius 2 is 0.828 bits per heavy atom. The number of hydrogen-bond donors (Lipinski definition) is 4. The molecule has 2 rings (SSSR count). The molecule has 2 saturated carbocycles. The number of ether oxygens (including phenoxy) is 1. The van der Waals surface area contributed by atoms with Gasteiger partial charge in [0.05, 0.1) is 35.5 Å². The molecule has 11 nitrogen and oxygen atoms in total. The molecule has 0 saturated heterocycles. The summed E-state index contributed by atoms with van der Waals surface area (Å²) in [5, 5.41) is 37.2. The minimum Gasteiger partial charge on any atom is -0.481 e. The van der Waals surface area contributed by atoms with Gasteiger partial charge in [0.25, 0.3) is 0 Å². The molecule has 0 aromatic rings. The molecular formula is C18H22O11. The number of carboxylic acid groups (broad SMARTS) is 4. The molecule has 29 heavy (non-hydrogen) atoms. The predicted molar refractivity (Wildman–Crippen MR) is 90.3 cm³/mol. The van der Waals surface area contributed by atoms with Crippen LogP contribution < -0.4 is 0 Å². The van der Waals surface area contributed by atoms with E-state index in [0.29, 0.717) is 0 Å². The molecule has 160 valence electrons. The van der Waals surface area contributed by atoms with Crippen LogP contribution in [0.15, 0.2) is 0 Å². The normalized spacial score (nSPS) is 32.0. The third-order valence-corrected chi connectivity index (χ3v) is 5.81. The summed E-state index contributed by atoms with van der Waals surface area (Å²) in [6.07, 6.45) is 0.644. The maximum Gasteiger partial charge on any atom is 0.317 e. The van der Waals surface area contributed by atoms with Gasteiger partial charge < -0.3 is 25.2 Å². The van der Waals surface area contributed by atoms with Crippen molar-refractivity contribution in [3.8, 4) is 0 Å². The van der Waals surface area contributed by atoms with Crippen LogP contribution in [0.4, 0.5) is 0 Å². The summed E-state index contributed by atoms with van der Waals surface area (Å²) >= 11 is 0. The number of esters is 2. The topological polar surface area (TPSA) is 193 Å². The summed E-state index contributed by atoms with van der Waals surface area (Å²) in [6, 6.07) is 0. The Bertz CT molecular complexity index is 667. The number of rotatable bonds is 6. The first-order valence-electron chi connectivity index (χ1n) is 9.23. The smallest absolute Gasteiger partial charge is 0.317 e. The molecule has 11 heteroatoms. The summed E-state index contributed by atoms with van der Waals surface area (Å²) in [4.78, 5) is 70.6. The van der Waals surface area contributed by atoms with E-state index in [0.717, 1.165) is 0 Å². The van der Waals surface area contributed by atoms with Gasteiger partial charge in [0.1, 0.15) is 0 Å². The maximum absolute atomic E-state index is 12.5. The molecule has 6 unspecified atom stereocenters. The highest BCUT2D eigenvalue weighted by Crippen LogP contribution is 2.39. The second-order valence-electron chi connectivity index (χ2n) is 7.43. The van der Waals surface area contributed by atoms with E-state index in [2.05, 4.69) is 0 Å². The molecule has 0 aromatic carbocycles. The Morgan fingerprint density at radius 1 is 0.517 bits per heavy atom. The molecule has 6 atom stereocenters. The highest BCUT2D eigenvalue weighted by molar-refractivity contribution is 5.94. The zero-order chi connectivity index (χ0) is 21.9. The van der Waals surface area contributed by atoms with Crippen LogP contribution in [0.25, 0.3) is 0 Å². The van der Waals surface area contributed by atoms with Crippen molar-refractivity contribution in [3.05, 3.63) is 0 Å². The maximum atomic E-state index is 12.5. The van der Waals surface area contributed by atoms with E-state index < -0.39 is 71.3 Å². The van der Waals surface area contributed by atoms with Crippen LogP contribution in [0.2, 0.25) is 0 Å². The van der Waals surface area contributed by atoms with Crippen LogP contribution in [-0.4, -0.2) is 56.2 Å². The number of carbonyl (C=O) groups excluding carboxylic acids is 2. The fourth-order valence-electron chi connectivity index (χ4n) is 4.42. The van der Waals surface area contributed by atoms with E-state index >= 15 is 0 Å². The van der Waals surface area contributed by atoms with Gasteiger partial charge in [-0.2, -0.15) is 0 Å². The molecule has 0 bridgehead atoms. The minimum atomic E-state index is -1.57. The molecule has 0 aromatic heterocycles. The van der Waals surface area contributed by atoms with E-state index in [1.807, 2.05) is 0 Å². The summed E-state index contributed by atoms with van der Waals surface area (Å²) in [6.45, 7) is 0. The Kier molecular flexibility index (Phi) is 6.93. The molecule has 4 N–H and O–H groups in total. The molecule has 0 aliphatic heterocycles. The Hall–Kier alpha value is -2.98. The number of carbonyl (C=O) groups is 6. The molecule has 0 spiro atoms. The van der Waals surface area contributed by atoms with E-state index in [-0.39, 0.29) is 38.5 Å². The lowest BCUT2D eigenvalue weighted by atomic mass is 9.71. The second kappa shape index (κ2) is 9.01. The molecule has 2 aliphatic rings. The van der Waals surface area contributed by atoms with Crippen molar-refractivity contribution in [2.45, 2.75) is 38.5 Å². The second-order valence-corrected chi connectivity index (χ2v) is 7.43. The van der Waals surface area contributed by atoms with Gasteiger partial charge in [0.2, 0.25) is 0 Å². The summed E-state index contributed by atoms with van der Waals surface area (Å²) in [5.41, 5.74) is 0. The first-order valence-corrected chi connectivity index (χ1v) is 9.23. The van der Waals surface area contributed by atoms with Gasteiger partial charge in [-0.15, -0.1) is 0 Å². The zero-order valence-electron chi connectivity index (χ0n) is 15.4. The van der Waals surface area contributed by atoms with Gasteiger partial charge in [-0.05, 0) is 25.7 Å². The van der Waals surface area contributed by atoms with E-state index in [4.69, 9.17) is 4.74 Å². The lowest BCUT2D eigenvalue weighted by molar-refractivity contribution is -0.178. The van der Waals surface area contributed by atoms with Crippen LogP contribution in [0, 0.1) is 35.5 Å². The van der Waals surface area contributed by atoms with Crippen LogP contribution >= 0.6 is 0 Å². The highest BCUT2D eigenvalue weighted by Gasteiger charge is 2.49. The zero-order valence-corrected chi connectivity index (χ0v) is 15.4. The third-order valence-electron chi connectivity index (χ3n) is 5.81. The van der Waals surface area contributed by atoms with Crippen molar-refractivity contribution < 1.29 is 53.9 Å². The Labute approximate surface area is 164 Å². The van der Waals surface area contributed by atoms with Gasteiger partial charge in [-0.1, -0.05) is 12.8 Å². The largest absolute Gasteiger partial charge is 0.481 e. The van der Waals surface area contributed by atoms with Crippen molar-refractivity contribution in [2.24, 2.45) is 35.5 Å². The number of aliphatic carboxylic acids is 4. The Balaban J connectivity index is 2.18. The molecule has 0 amide bonds. The van der Waals surface area contributed by atoms with Crippen molar-refractivity contribution in [3.63, 3.8) is 0 Å². The lowest BCUT2D eigenvalue weighted by Crippen LogP contribution is -2.45. The van der Waals surface area contributed by atoms with Crippen molar-refractivity contribution in [1.82, 2.24) is 0 Å². The molecule has 2 aliphatic carbocycles. The van der Waals surface area contributed by atoms with Gasteiger partial charge in [0, 0.05) is 0 Å². The molecule has 0 radical (unpaired) electrons. The average Bonchev–Trinajstić information content (AvgIpc) is 2.66. The fraction of sp³-hybridized carbons (Fsp3) is 0.667. The lowest BCUT2D eigenvalue weighted by Gasteiger charge is -2.33. The van der Waals surface area contributed by atoms with Crippen LogP contribution in [0.1, 0.15) is 38.5 Å². The van der Waals surface area contributed by atoms with Crippen LogP contribution in [0.3, 0.4) is 0 Å². The van der Waals surface area contributed by atoms with E-state index in [1.165, 1.54) is 0 Å². The van der Waals surface area contributed by atoms with Crippen molar-refractivity contribution in [1.29, 1.82) is 0 Å². The molecule has 0 heterocycles. The summed E-state index contributed by atoms with van der Waals surface area (Å²) in [7, 11) is 0. The first-order chi connectivity index (χ1) is 13.6. The van der Waals surface area contributed by atoms with Crippen molar-refractivity contribution in [2.75, 3.05) is 0 Å². The first kappa shape index (κ1) is 22.3. The third kappa shape index (κ3) is 4.72. The standard InChI is InChI=1S/C18H22O11/c19-13(20)7-3-1-5-9(11(7)15(23)24)17(27)29-18(28)10-6-2-4-8(14(21)22)12(10)16(25)26/h7-12H,1-6H2,(H,19,20)(H,21,22)(H,23,24)(H,25,26). The molecule has 2 fully saturated rings. The van der Waals surface area contributed by atoms with Gasteiger partial charge >= 0.3 is 35.8 Å². The van der Waals surface area contributed by atoms with Crippen LogP contribution in [-0.2, 0) is 33.5 Å². The predicted octanol–water partition coefficient (Wildman–Crippen LogP) is 0.460. The van der Waals surface area contributed by atoms with Crippen LogP contribution in [0.5, 0.6) is 0 Å². The van der Waals surface area contributed by atoms with Crippen molar-refractivity contribution >= 4 is 35.8 Å². The fourth-order valence-corrected chi connectivity index (χ4v) is 4.42. The van der Waals surface area contributed by atoms with E-state index in [9.17, 15) is 49.2 Å². The van der Waals surface area contributed by atoms with Gasteiger partial charge in [0.15, 0.2) is 0 Å².